The summed E-state index contributed by atoms with van der Waals surface area (Å²) in [5, 5.41) is 13.6. The van der Waals surface area contributed by atoms with Gasteiger partial charge in [0.25, 0.3) is 0 Å². The van der Waals surface area contributed by atoms with Crippen LogP contribution in [0, 0.1) is 0 Å². The molecule has 1 saturated carbocycles. The molecule has 2 heteroatoms. The van der Waals surface area contributed by atoms with Crippen LogP contribution in [0.15, 0.2) is 24.3 Å². The lowest BCUT2D eigenvalue weighted by Crippen LogP contribution is -2.47. The highest BCUT2D eigenvalue weighted by Gasteiger charge is 2.28. The minimum Gasteiger partial charge on any atom is -0.392 e. The summed E-state index contributed by atoms with van der Waals surface area (Å²) in [7, 11) is 0. The fraction of sp³-hybridized carbons (Fsp3) is 0.600. The zero-order chi connectivity index (χ0) is 11.7. The molecule has 2 nitrogen and oxygen atoms in total. The van der Waals surface area contributed by atoms with E-state index in [0.29, 0.717) is 12.1 Å². The van der Waals surface area contributed by atoms with Gasteiger partial charge in [-0.3, -0.25) is 0 Å². The number of hydrogen-bond acceptors (Lipinski definition) is 2. The molecule has 0 bridgehead atoms. The van der Waals surface area contributed by atoms with Gasteiger partial charge in [-0.2, -0.15) is 0 Å². The lowest BCUT2D eigenvalue weighted by atomic mass is 9.92. The summed E-state index contributed by atoms with van der Waals surface area (Å²) in [6, 6.07) is 9.56. The van der Waals surface area contributed by atoms with E-state index in [-0.39, 0.29) is 6.10 Å². The van der Waals surface area contributed by atoms with Crippen LogP contribution in [0.4, 0.5) is 0 Å². The number of benzene rings is 1. The molecule has 1 aromatic carbocycles. The fourth-order valence-electron chi connectivity index (χ4n) is 3.29. The second-order valence-corrected chi connectivity index (χ2v) is 5.50. The van der Waals surface area contributed by atoms with Crippen LogP contribution in [0.5, 0.6) is 0 Å². The largest absolute Gasteiger partial charge is 0.392 e. The first-order valence-electron chi connectivity index (χ1n) is 6.84. The molecule has 0 spiro atoms. The second-order valence-electron chi connectivity index (χ2n) is 5.50. The Morgan fingerprint density at radius 2 is 1.65 bits per heavy atom. The topological polar surface area (TPSA) is 32.3 Å². The monoisotopic (exact) mass is 231 g/mol. The van der Waals surface area contributed by atoms with Gasteiger partial charge >= 0.3 is 0 Å². The molecule has 0 aromatic heterocycles. The number of rotatable bonds is 2. The van der Waals surface area contributed by atoms with Crippen LogP contribution in [0.25, 0.3) is 0 Å². The van der Waals surface area contributed by atoms with Gasteiger partial charge < -0.3 is 10.4 Å². The van der Waals surface area contributed by atoms with E-state index in [4.69, 9.17) is 0 Å². The van der Waals surface area contributed by atoms with Gasteiger partial charge in [-0.25, -0.2) is 0 Å². The first-order chi connectivity index (χ1) is 8.33. The Morgan fingerprint density at radius 3 is 2.29 bits per heavy atom. The van der Waals surface area contributed by atoms with Crippen molar-refractivity contribution in [3.05, 3.63) is 35.4 Å². The molecular formula is C15H21NO. The Bertz CT molecular complexity index is 365. The summed E-state index contributed by atoms with van der Waals surface area (Å²) >= 11 is 0. The number of fused-ring (bicyclic) bond motifs is 1. The van der Waals surface area contributed by atoms with E-state index in [9.17, 15) is 5.11 Å². The maximum absolute atomic E-state index is 9.98. The molecule has 0 saturated heterocycles. The summed E-state index contributed by atoms with van der Waals surface area (Å²) < 4.78 is 0. The van der Waals surface area contributed by atoms with Crippen LogP contribution in [-0.2, 0) is 12.8 Å². The van der Waals surface area contributed by atoms with Crippen molar-refractivity contribution in [2.75, 3.05) is 0 Å². The standard InChI is InChI=1S/C15H21NO/c17-15-8-4-3-7-14(15)16-13-9-11-5-1-2-6-12(11)10-13/h1-2,5-6,13-17H,3-4,7-10H2/t14-,15-/m1/s1. The van der Waals surface area contributed by atoms with Crippen molar-refractivity contribution < 1.29 is 5.11 Å². The Hall–Kier alpha value is -0.860. The molecular weight excluding hydrogens is 210 g/mol. The number of nitrogens with one attached hydrogen (secondary N) is 1. The summed E-state index contributed by atoms with van der Waals surface area (Å²) in [5.74, 6) is 0. The van der Waals surface area contributed by atoms with E-state index in [2.05, 4.69) is 29.6 Å². The third-order valence-electron chi connectivity index (χ3n) is 4.23. The van der Waals surface area contributed by atoms with Gasteiger partial charge in [0.1, 0.15) is 0 Å². The number of aliphatic hydroxyl groups is 1. The number of hydrogen-bond donors (Lipinski definition) is 2. The fourth-order valence-corrected chi connectivity index (χ4v) is 3.29. The van der Waals surface area contributed by atoms with Crippen molar-refractivity contribution in [1.29, 1.82) is 0 Å². The third-order valence-corrected chi connectivity index (χ3v) is 4.23. The first-order valence-corrected chi connectivity index (χ1v) is 6.84. The normalized spacial score (nSPS) is 29.2. The minimum absolute atomic E-state index is 0.132. The molecule has 3 rings (SSSR count). The summed E-state index contributed by atoms with van der Waals surface area (Å²) in [5.41, 5.74) is 2.96. The van der Waals surface area contributed by atoms with E-state index in [1.165, 1.54) is 24.0 Å². The zero-order valence-electron chi connectivity index (χ0n) is 10.2. The summed E-state index contributed by atoms with van der Waals surface area (Å²) in [6.07, 6.45) is 6.66. The maximum atomic E-state index is 9.98. The molecule has 0 heterocycles. The van der Waals surface area contributed by atoms with E-state index in [0.717, 1.165) is 25.7 Å². The number of aliphatic hydroxyl groups excluding tert-OH is 1. The first kappa shape index (κ1) is 11.2. The average molecular weight is 231 g/mol. The third kappa shape index (κ3) is 2.38. The SMILES string of the molecule is O[C@@H]1CCCC[C@H]1NC1Cc2ccccc2C1. The van der Waals surface area contributed by atoms with Gasteiger partial charge in [-0.05, 0) is 36.8 Å². The molecule has 2 N–H and O–H groups in total. The second kappa shape index (κ2) is 4.79. The van der Waals surface area contributed by atoms with Crippen molar-refractivity contribution in [3.8, 4) is 0 Å². The van der Waals surface area contributed by atoms with Crippen molar-refractivity contribution in [3.63, 3.8) is 0 Å². The van der Waals surface area contributed by atoms with Crippen LogP contribution in [-0.4, -0.2) is 23.3 Å². The Labute approximate surface area is 103 Å². The smallest absolute Gasteiger partial charge is 0.0693 e. The highest BCUT2D eigenvalue weighted by atomic mass is 16.3. The summed E-state index contributed by atoms with van der Waals surface area (Å²) in [4.78, 5) is 0. The van der Waals surface area contributed by atoms with Crippen molar-refractivity contribution in [1.82, 2.24) is 5.32 Å². The predicted molar refractivity (Wildman–Crippen MR) is 69.0 cm³/mol. The predicted octanol–water partition coefficient (Wildman–Crippen LogP) is 2.05. The van der Waals surface area contributed by atoms with E-state index in [1.54, 1.807) is 0 Å². The zero-order valence-corrected chi connectivity index (χ0v) is 10.2. The molecule has 0 aliphatic heterocycles. The van der Waals surface area contributed by atoms with Crippen LogP contribution in [0.3, 0.4) is 0 Å². The van der Waals surface area contributed by atoms with Crippen LogP contribution < -0.4 is 5.32 Å². The molecule has 2 aliphatic rings. The van der Waals surface area contributed by atoms with Gasteiger partial charge in [0.2, 0.25) is 0 Å². The minimum atomic E-state index is -0.132. The van der Waals surface area contributed by atoms with Gasteiger partial charge in [0.05, 0.1) is 6.10 Å². The molecule has 17 heavy (non-hydrogen) atoms. The van der Waals surface area contributed by atoms with Gasteiger partial charge in [0, 0.05) is 12.1 Å². The van der Waals surface area contributed by atoms with Crippen LogP contribution in [0.2, 0.25) is 0 Å². The molecule has 2 atom stereocenters. The van der Waals surface area contributed by atoms with Gasteiger partial charge in [-0.1, -0.05) is 37.1 Å². The summed E-state index contributed by atoms with van der Waals surface area (Å²) in [6.45, 7) is 0. The molecule has 1 aromatic rings. The van der Waals surface area contributed by atoms with Gasteiger partial charge in [0.15, 0.2) is 0 Å². The molecule has 92 valence electrons. The van der Waals surface area contributed by atoms with E-state index < -0.39 is 0 Å². The molecule has 0 amide bonds. The highest BCUT2D eigenvalue weighted by Crippen LogP contribution is 2.24. The molecule has 0 unspecified atom stereocenters. The maximum Gasteiger partial charge on any atom is 0.0693 e. The molecule has 0 radical (unpaired) electrons. The van der Waals surface area contributed by atoms with Crippen molar-refractivity contribution in [2.45, 2.75) is 56.7 Å². The highest BCUT2D eigenvalue weighted by molar-refractivity contribution is 5.33. The lowest BCUT2D eigenvalue weighted by molar-refractivity contribution is 0.0854. The van der Waals surface area contributed by atoms with Gasteiger partial charge in [-0.15, -0.1) is 0 Å². The van der Waals surface area contributed by atoms with Crippen molar-refractivity contribution in [2.24, 2.45) is 0 Å². The molecule has 1 fully saturated rings. The van der Waals surface area contributed by atoms with Crippen LogP contribution >= 0.6 is 0 Å². The lowest BCUT2D eigenvalue weighted by Gasteiger charge is -2.31. The average Bonchev–Trinajstić information content (AvgIpc) is 2.74. The Balaban J connectivity index is 1.61. The molecule has 2 aliphatic carbocycles. The van der Waals surface area contributed by atoms with E-state index in [1.807, 2.05) is 0 Å². The Morgan fingerprint density at radius 1 is 1.00 bits per heavy atom. The van der Waals surface area contributed by atoms with Crippen LogP contribution in [0.1, 0.15) is 36.8 Å². The van der Waals surface area contributed by atoms with E-state index >= 15 is 0 Å². The van der Waals surface area contributed by atoms with Crippen molar-refractivity contribution >= 4 is 0 Å². The quantitative estimate of drug-likeness (QED) is 0.816. The Kier molecular flexibility index (Phi) is 3.17.